The molecule has 1 aliphatic heterocycles. The minimum absolute atomic E-state index is 0.129. The summed E-state index contributed by atoms with van der Waals surface area (Å²) in [4.78, 5) is 10.8. The standard InChI is InChI=1S/C17H22N4O2/c18-16-6-7-19-17(20-16)11-21-8-9-23-12-14(21)10-15(22)13-4-2-1-3-5-13/h1-7,14-15,22H,8-12H2,(H2,18,19,20). The molecule has 6 nitrogen and oxygen atoms in total. The molecule has 0 radical (unpaired) electrons. The first-order chi connectivity index (χ1) is 11.2. The van der Waals surface area contributed by atoms with Crippen molar-refractivity contribution in [3.8, 4) is 0 Å². The zero-order valence-corrected chi connectivity index (χ0v) is 13.0. The molecule has 1 aliphatic rings. The minimum atomic E-state index is -0.507. The summed E-state index contributed by atoms with van der Waals surface area (Å²) < 4.78 is 5.59. The third kappa shape index (κ3) is 4.25. The van der Waals surface area contributed by atoms with Crippen LogP contribution in [0.5, 0.6) is 0 Å². The number of hydrogen-bond donors (Lipinski definition) is 2. The highest BCUT2D eigenvalue weighted by atomic mass is 16.5. The van der Waals surface area contributed by atoms with Crippen LogP contribution in [-0.2, 0) is 11.3 Å². The van der Waals surface area contributed by atoms with Crippen LogP contribution in [0.15, 0.2) is 42.6 Å². The second-order valence-electron chi connectivity index (χ2n) is 5.76. The Hall–Kier alpha value is -2.02. The fraction of sp³-hybridized carbons (Fsp3) is 0.412. The molecule has 6 heteroatoms. The average molecular weight is 314 g/mol. The molecule has 1 aromatic heterocycles. The summed E-state index contributed by atoms with van der Waals surface area (Å²) in [5, 5.41) is 10.5. The summed E-state index contributed by atoms with van der Waals surface area (Å²) in [5.41, 5.74) is 6.65. The number of benzene rings is 1. The number of morpholine rings is 1. The number of aliphatic hydroxyl groups is 1. The van der Waals surface area contributed by atoms with Gasteiger partial charge in [-0.3, -0.25) is 4.90 Å². The number of anilines is 1. The van der Waals surface area contributed by atoms with E-state index >= 15 is 0 Å². The first kappa shape index (κ1) is 15.9. The molecule has 0 amide bonds. The van der Waals surface area contributed by atoms with Crippen LogP contribution in [0, 0.1) is 0 Å². The maximum Gasteiger partial charge on any atom is 0.144 e. The van der Waals surface area contributed by atoms with E-state index in [1.54, 1.807) is 12.3 Å². The summed E-state index contributed by atoms with van der Waals surface area (Å²) >= 11 is 0. The normalized spacial score (nSPS) is 20.3. The van der Waals surface area contributed by atoms with Crippen LogP contribution in [0.3, 0.4) is 0 Å². The Bertz CT molecular complexity index is 623. The molecule has 122 valence electrons. The molecular formula is C17H22N4O2. The summed E-state index contributed by atoms with van der Waals surface area (Å²) in [7, 11) is 0. The average Bonchev–Trinajstić information content (AvgIpc) is 2.57. The van der Waals surface area contributed by atoms with Crippen molar-refractivity contribution in [2.75, 3.05) is 25.5 Å². The second-order valence-corrected chi connectivity index (χ2v) is 5.76. The number of ether oxygens (including phenoxy) is 1. The van der Waals surface area contributed by atoms with Gasteiger partial charge in [-0.1, -0.05) is 30.3 Å². The molecule has 2 aromatic rings. The van der Waals surface area contributed by atoms with Gasteiger partial charge in [0.15, 0.2) is 0 Å². The van der Waals surface area contributed by atoms with Gasteiger partial charge in [-0.15, -0.1) is 0 Å². The highest BCUT2D eigenvalue weighted by Gasteiger charge is 2.26. The molecule has 0 saturated carbocycles. The molecule has 0 bridgehead atoms. The summed E-state index contributed by atoms with van der Waals surface area (Å²) in [6.45, 7) is 2.69. The highest BCUT2D eigenvalue weighted by Crippen LogP contribution is 2.23. The Kier molecular flexibility index (Phi) is 5.17. The van der Waals surface area contributed by atoms with Gasteiger partial charge in [0, 0.05) is 18.8 Å². The largest absolute Gasteiger partial charge is 0.388 e. The number of nitrogens with two attached hydrogens (primary N) is 1. The van der Waals surface area contributed by atoms with Crippen LogP contribution in [0.2, 0.25) is 0 Å². The molecule has 0 aliphatic carbocycles. The third-order valence-corrected chi connectivity index (χ3v) is 4.10. The van der Waals surface area contributed by atoms with E-state index in [1.165, 1.54) is 0 Å². The molecule has 2 atom stereocenters. The van der Waals surface area contributed by atoms with Crippen molar-refractivity contribution in [3.63, 3.8) is 0 Å². The molecule has 3 N–H and O–H groups in total. The second kappa shape index (κ2) is 7.50. The Morgan fingerprint density at radius 3 is 2.91 bits per heavy atom. The molecule has 2 heterocycles. The molecule has 1 saturated heterocycles. The number of rotatable bonds is 5. The Morgan fingerprint density at radius 1 is 1.30 bits per heavy atom. The van der Waals surface area contributed by atoms with Gasteiger partial charge >= 0.3 is 0 Å². The molecule has 3 rings (SSSR count). The molecule has 1 fully saturated rings. The fourth-order valence-corrected chi connectivity index (χ4v) is 2.86. The number of nitrogens with zero attached hydrogens (tertiary/aromatic N) is 3. The van der Waals surface area contributed by atoms with Gasteiger partial charge in [-0.2, -0.15) is 0 Å². The predicted octanol–water partition coefficient (Wildman–Crippen LogP) is 1.38. The SMILES string of the molecule is Nc1ccnc(CN2CCOCC2CC(O)c2ccccc2)n1. The molecule has 23 heavy (non-hydrogen) atoms. The molecule has 0 spiro atoms. The van der Waals surface area contributed by atoms with E-state index in [2.05, 4.69) is 14.9 Å². The summed E-state index contributed by atoms with van der Waals surface area (Å²) in [5.74, 6) is 1.18. The minimum Gasteiger partial charge on any atom is -0.388 e. The monoisotopic (exact) mass is 314 g/mol. The van der Waals surface area contributed by atoms with Crippen LogP contribution in [0.25, 0.3) is 0 Å². The van der Waals surface area contributed by atoms with Gasteiger partial charge in [0.05, 0.1) is 25.9 Å². The van der Waals surface area contributed by atoms with Crippen molar-refractivity contribution in [1.82, 2.24) is 14.9 Å². The van der Waals surface area contributed by atoms with E-state index < -0.39 is 6.10 Å². The van der Waals surface area contributed by atoms with Gasteiger partial charge in [0.1, 0.15) is 11.6 Å². The van der Waals surface area contributed by atoms with Gasteiger partial charge in [0.2, 0.25) is 0 Å². The first-order valence-electron chi connectivity index (χ1n) is 7.84. The fourth-order valence-electron chi connectivity index (χ4n) is 2.86. The Balaban J connectivity index is 1.66. The van der Waals surface area contributed by atoms with Crippen LogP contribution < -0.4 is 5.73 Å². The van der Waals surface area contributed by atoms with Crippen molar-refractivity contribution in [2.24, 2.45) is 0 Å². The lowest BCUT2D eigenvalue weighted by Gasteiger charge is -2.36. The van der Waals surface area contributed by atoms with Gasteiger partial charge < -0.3 is 15.6 Å². The number of aliphatic hydroxyl groups excluding tert-OH is 1. The zero-order valence-electron chi connectivity index (χ0n) is 13.0. The van der Waals surface area contributed by atoms with Gasteiger partial charge in [-0.25, -0.2) is 9.97 Å². The lowest BCUT2D eigenvalue weighted by Crippen LogP contribution is -2.45. The van der Waals surface area contributed by atoms with E-state index in [0.29, 0.717) is 37.8 Å². The van der Waals surface area contributed by atoms with Gasteiger partial charge in [-0.05, 0) is 18.1 Å². The van der Waals surface area contributed by atoms with E-state index in [-0.39, 0.29) is 6.04 Å². The maximum atomic E-state index is 10.5. The van der Waals surface area contributed by atoms with Crippen LogP contribution in [-0.4, -0.2) is 45.8 Å². The predicted molar refractivity (Wildman–Crippen MR) is 87.5 cm³/mol. The van der Waals surface area contributed by atoms with Crippen molar-refractivity contribution in [2.45, 2.75) is 25.1 Å². The summed E-state index contributed by atoms with van der Waals surface area (Å²) in [6, 6.07) is 11.5. The first-order valence-corrected chi connectivity index (χ1v) is 7.84. The molecular weight excluding hydrogens is 292 g/mol. The third-order valence-electron chi connectivity index (χ3n) is 4.10. The highest BCUT2D eigenvalue weighted by molar-refractivity contribution is 5.25. The lowest BCUT2D eigenvalue weighted by atomic mass is 10.0. The molecule has 1 aromatic carbocycles. The van der Waals surface area contributed by atoms with Crippen molar-refractivity contribution < 1.29 is 9.84 Å². The van der Waals surface area contributed by atoms with Gasteiger partial charge in [0.25, 0.3) is 0 Å². The van der Waals surface area contributed by atoms with Crippen LogP contribution >= 0.6 is 0 Å². The zero-order chi connectivity index (χ0) is 16.1. The lowest BCUT2D eigenvalue weighted by molar-refractivity contribution is -0.0309. The van der Waals surface area contributed by atoms with Crippen molar-refractivity contribution in [3.05, 3.63) is 54.0 Å². The van der Waals surface area contributed by atoms with E-state index in [9.17, 15) is 5.11 Å². The topological polar surface area (TPSA) is 84.5 Å². The van der Waals surface area contributed by atoms with E-state index in [0.717, 1.165) is 12.1 Å². The number of hydrogen-bond acceptors (Lipinski definition) is 6. The van der Waals surface area contributed by atoms with Crippen LogP contribution in [0.4, 0.5) is 5.82 Å². The Labute approximate surface area is 135 Å². The smallest absolute Gasteiger partial charge is 0.144 e. The number of aromatic nitrogens is 2. The quantitative estimate of drug-likeness (QED) is 0.867. The van der Waals surface area contributed by atoms with Crippen molar-refractivity contribution in [1.29, 1.82) is 0 Å². The maximum absolute atomic E-state index is 10.5. The van der Waals surface area contributed by atoms with Crippen LogP contribution in [0.1, 0.15) is 23.9 Å². The molecule has 2 unspecified atom stereocenters. The Morgan fingerprint density at radius 2 is 2.13 bits per heavy atom. The number of nitrogen functional groups attached to an aromatic ring is 1. The van der Waals surface area contributed by atoms with Crippen molar-refractivity contribution >= 4 is 5.82 Å². The van der Waals surface area contributed by atoms with E-state index in [1.807, 2.05) is 30.3 Å². The van der Waals surface area contributed by atoms with E-state index in [4.69, 9.17) is 10.5 Å². The summed E-state index contributed by atoms with van der Waals surface area (Å²) in [6.07, 6.45) is 1.78.